The van der Waals surface area contributed by atoms with Gasteiger partial charge in [-0.05, 0) is 37.5 Å². The predicted molar refractivity (Wildman–Crippen MR) is 143 cm³/mol. The Morgan fingerprint density at radius 1 is 1.11 bits per heavy atom. The number of unbranched alkanes of at least 4 members (excludes halogenated alkanes) is 5. The largest absolute Gasteiger partial charge is 0.493 e. The quantitative estimate of drug-likeness (QED) is 0.112. The second-order valence-electron chi connectivity index (χ2n) is 9.17. The Balaban J connectivity index is 0.000000856. The number of benzene rings is 1. The Labute approximate surface area is 219 Å². The van der Waals surface area contributed by atoms with E-state index in [0.29, 0.717) is 11.7 Å². The highest BCUT2D eigenvalue weighted by Crippen LogP contribution is 2.38. The Bertz CT molecular complexity index is 957. The van der Waals surface area contributed by atoms with Crippen molar-refractivity contribution in [3.8, 4) is 17.1 Å². The lowest BCUT2D eigenvalue weighted by Gasteiger charge is -2.14. The van der Waals surface area contributed by atoms with Gasteiger partial charge in [-0.3, -0.25) is 5.41 Å². The number of hydrogen-bond acceptors (Lipinski definition) is 5. The van der Waals surface area contributed by atoms with Crippen LogP contribution in [-0.4, -0.2) is 22.6 Å². The third-order valence-corrected chi connectivity index (χ3v) is 5.93. The number of aromatic nitrogens is 2. The maximum absolute atomic E-state index is 13.6. The van der Waals surface area contributed by atoms with Gasteiger partial charge in [0, 0.05) is 11.5 Å². The van der Waals surface area contributed by atoms with E-state index in [-0.39, 0.29) is 35.6 Å². The van der Waals surface area contributed by atoms with Gasteiger partial charge in [-0.25, -0.2) is 0 Å². The van der Waals surface area contributed by atoms with E-state index in [1.165, 1.54) is 18.6 Å². The molecule has 1 aromatic heterocycles. The first-order valence-corrected chi connectivity index (χ1v) is 13.2. The van der Waals surface area contributed by atoms with E-state index < -0.39 is 11.7 Å². The highest BCUT2D eigenvalue weighted by molar-refractivity contribution is 5.79. The van der Waals surface area contributed by atoms with E-state index in [4.69, 9.17) is 20.4 Å². The van der Waals surface area contributed by atoms with Gasteiger partial charge >= 0.3 is 6.18 Å². The zero-order valence-electron chi connectivity index (χ0n) is 22.8. The summed E-state index contributed by atoms with van der Waals surface area (Å²) in [7, 11) is 0. The highest BCUT2D eigenvalue weighted by Gasteiger charge is 2.35. The molecular weight excluding hydrogens is 481 g/mol. The summed E-state index contributed by atoms with van der Waals surface area (Å²) in [6, 6.07) is 3.90. The fraction of sp³-hybridized carbons (Fsp3) is 0.607. The summed E-state index contributed by atoms with van der Waals surface area (Å²) in [5.74, 6) is 0.792. The van der Waals surface area contributed by atoms with E-state index in [1.54, 1.807) is 0 Å². The molecular formula is C28H43F3N4O2. The molecule has 0 aliphatic carbocycles. The van der Waals surface area contributed by atoms with Crippen molar-refractivity contribution < 1.29 is 22.4 Å². The molecule has 2 rings (SSSR count). The van der Waals surface area contributed by atoms with Crippen molar-refractivity contribution >= 4 is 5.84 Å². The molecule has 0 saturated carbocycles. The standard InChI is InChI=1S/C23H31F3N2O2.C5H12N2/c1-4-6-8-9-10-11-15-29-20-14-13-18(16-19(20)23(24,25)26)21-27-22(30-28-21)17(3)12-7-5-2;1-3-4(2)5(6)7/h7,12-14,16-17H,4-6,8-11,15H2,1-3H3;4H,3H2,1-2H3,(H3,6,7)/b12-7-;. The van der Waals surface area contributed by atoms with Crippen molar-refractivity contribution in [2.24, 2.45) is 11.7 Å². The van der Waals surface area contributed by atoms with Gasteiger partial charge in [-0.1, -0.05) is 84.0 Å². The molecule has 208 valence electrons. The second kappa shape index (κ2) is 16.8. The molecule has 0 radical (unpaired) electrons. The molecule has 0 aliphatic heterocycles. The van der Waals surface area contributed by atoms with Gasteiger partial charge in [-0.2, -0.15) is 18.2 Å². The molecule has 3 N–H and O–H groups in total. The molecule has 2 aromatic rings. The molecule has 0 fully saturated rings. The summed E-state index contributed by atoms with van der Waals surface area (Å²) >= 11 is 0. The van der Waals surface area contributed by atoms with Gasteiger partial charge in [0.25, 0.3) is 0 Å². The zero-order valence-corrected chi connectivity index (χ0v) is 22.8. The molecule has 0 spiro atoms. The van der Waals surface area contributed by atoms with Crippen LogP contribution >= 0.6 is 0 Å². The number of nitrogens with two attached hydrogens (primary N) is 1. The third kappa shape index (κ3) is 11.8. The second-order valence-corrected chi connectivity index (χ2v) is 9.17. The van der Waals surface area contributed by atoms with Crippen LogP contribution in [0.1, 0.15) is 103 Å². The SMILES string of the molecule is CC/C=C\C(C)c1nc(-c2ccc(OCCCCCCCC)c(C(F)(F)F)c2)no1.CCC(C)C(=N)N. The van der Waals surface area contributed by atoms with E-state index in [0.717, 1.165) is 51.0 Å². The molecule has 37 heavy (non-hydrogen) atoms. The molecule has 2 unspecified atom stereocenters. The van der Waals surface area contributed by atoms with Crippen LogP contribution in [0.2, 0.25) is 0 Å². The van der Waals surface area contributed by atoms with Gasteiger partial charge in [-0.15, -0.1) is 0 Å². The Morgan fingerprint density at radius 3 is 2.35 bits per heavy atom. The van der Waals surface area contributed by atoms with Gasteiger partial charge < -0.3 is 15.0 Å². The number of ether oxygens (including phenoxy) is 1. The van der Waals surface area contributed by atoms with Crippen LogP contribution in [0.3, 0.4) is 0 Å². The van der Waals surface area contributed by atoms with Crippen LogP contribution in [0.5, 0.6) is 5.75 Å². The van der Waals surface area contributed by atoms with Gasteiger partial charge in [0.1, 0.15) is 5.75 Å². The summed E-state index contributed by atoms with van der Waals surface area (Å²) in [5.41, 5.74) is 4.55. The third-order valence-electron chi connectivity index (χ3n) is 5.93. The smallest absolute Gasteiger partial charge is 0.419 e. The van der Waals surface area contributed by atoms with Crippen molar-refractivity contribution in [1.29, 1.82) is 5.41 Å². The van der Waals surface area contributed by atoms with Crippen LogP contribution in [-0.2, 0) is 6.18 Å². The van der Waals surface area contributed by atoms with Crippen LogP contribution in [0.25, 0.3) is 11.4 Å². The minimum Gasteiger partial charge on any atom is -0.493 e. The van der Waals surface area contributed by atoms with Crippen LogP contribution in [0.15, 0.2) is 34.9 Å². The molecule has 0 aliphatic rings. The first-order chi connectivity index (χ1) is 17.5. The average molecular weight is 525 g/mol. The van der Waals surface area contributed by atoms with Crippen molar-refractivity contribution in [3.05, 3.63) is 41.8 Å². The zero-order chi connectivity index (χ0) is 27.8. The maximum Gasteiger partial charge on any atom is 0.419 e. The molecule has 9 heteroatoms. The number of hydrogen-bond donors (Lipinski definition) is 2. The minimum absolute atomic E-state index is 0.104. The van der Waals surface area contributed by atoms with E-state index in [1.807, 2.05) is 39.8 Å². The van der Waals surface area contributed by atoms with E-state index in [2.05, 4.69) is 17.1 Å². The van der Waals surface area contributed by atoms with Gasteiger partial charge in [0.05, 0.1) is 23.9 Å². The summed E-state index contributed by atoms with van der Waals surface area (Å²) in [6.07, 6.45) is 7.48. The van der Waals surface area contributed by atoms with E-state index in [9.17, 15) is 13.2 Å². The van der Waals surface area contributed by atoms with Crippen LogP contribution in [0, 0.1) is 11.3 Å². The predicted octanol–water partition coefficient (Wildman–Crippen LogP) is 8.53. The molecule has 1 aromatic carbocycles. The number of allylic oxidation sites excluding steroid dienone is 2. The number of nitrogens with zero attached hydrogens (tertiary/aromatic N) is 2. The summed E-state index contributed by atoms with van der Waals surface area (Å²) in [5, 5.41) is 10.7. The molecule has 0 bridgehead atoms. The Morgan fingerprint density at radius 2 is 1.78 bits per heavy atom. The van der Waals surface area contributed by atoms with Crippen LogP contribution < -0.4 is 10.5 Å². The maximum atomic E-state index is 13.6. The number of halogens is 3. The minimum atomic E-state index is -4.53. The van der Waals surface area contributed by atoms with E-state index >= 15 is 0 Å². The monoisotopic (exact) mass is 524 g/mol. The summed E-state index contributed by atoms with van der Waals surface area (Å²) < 4.78 is 51.4. The van der Waals surface area contributed by atoms with Crippen molar-refractivity contribution in [3.63, 3.8) is 0 Å². The fourth-order valence-corrected chi connectivity index (χ4v) is 3.26. The topological polar surface area (TPSA) is 98.0 Å². The molecule has 1 heterocycles. The summed E-state index contributed by atoms with van der Waals surface area (Å²) in [4.78, 5) is 4.26. The average Bonchev–Trinajstić information content (AvgIpc) is 3.36. The summed E-state index contributed by atoms with van der Waals surface area (Å²) in [6.45, 7) is 10.3. The first-order valence-electron chi connectivity index (χ1n) is 13.2. The van der Waals surface area contributed by atoms with Crippen molar-refractivity contribution in [1.82, 2.24) is 10.1 Å². The van der Waals surface area contributed by atoms with Gasteiger partial charge in [0.15, 0.2) is 0 Å². The molecule has 2 atom stereocenters. The molecule has 0 amide bonds. The Kier molecular flexibility index (Phi) is 14.6. The highest BCUT2D eigenvalue weighted by atomic mass is 19.4. The van der Waals surface area contributed by atoms with Crippen molar-refractivity contribution in [2.75, 3.05) is 6.61 Å². The lowest BCUT2D eigenvalue weighted by molar-refractivity contribution is -0.138. The fourth-order valence-electron chi connectivity index (χ4n) is 3.26. The van der Waals surface area contributed by atoms with Crippen molar-refractivity contribution in [2.45, 2.75) is 98.1 Å². The lowest BCUT2D eigenvalue weighted by atomic mass is 10.1. The lowest BCUT2D eigenvalue weighted by Crippen LogP contribution is -2.18. The number of alkyl halides is 3. The Hall–Kier alpha value is -2.84. The normalized spacial score (nSPS) is 13.2. The number of amidine groups is 1. The number of rotatable bonds is 14. The molecule has 6 nitrogen and oxygen atoms in total. The van der Waals surface area contributed by atoms with Crippen LogP contribution in [0.4, 0.5) is 13.2 Å². The first kappa shape index (κ1) is 32.2. The molecule has 0 saturated heterocycles. The number of nitrogens with one attached hydrogen (secondary N) is 1. The van der Waals surface area contributed by atoms with Gasteiger partial charge in [0.2, 0.25) is 11.7 Å².